The van der Waals surface area contributed by atoms with Gasteiger partial charge in [-0.2, -0.15) is 0 Å². The Morgan fingerprint density at radius 2 is 1.78 bits per heavy atom. The molecule has 136 valence electrons. The number of rotatable bonds is 8. The van der Waals surface area contributed by atoms with Gasteiger partial charge < -0.3 is 15.4 Å². The maximum absolute atomic E-state index is 12.0. The Morgan fingerprint density at radius 3 is 2.30 bits per heavy atom. The summed E-state index contributed by atoms with van der Waals surface area (Å²) in [7, 11) is 0. The lowest BCUT2D eigenvalue weighted by molar-refractivity contribution is -0.142. The molecule has 7 nitrogen and oxygen atoms in total. The molecule has 3 N–H and O–H groups in total. The summed E-state index contributed by atoms with van der Waals surface area (Å²) in [5.74, 6) is -0.962. The topological polar surface area (TPSA) is 102 Å². The summed E-state index contributed by atoms with van der Waals surface area (Å²) in [4.78, 5) is 36.4. The second-order valence-corrected chi connectivity index (χ2v) is 5.12. The van der Waals surface area contributed by atoms with Crippen LogP contribution in [0.25, 0.3) is 0 Å². The Bertz CT molecular complexity index is 377. The monoisotopic (exact) mass is 371 g/mol. The van der Waals surface area contributed by atoms with Gasteiger partial charge in [-0.15, -0.1) is 24.8 Å². The third-order valence-electron chi connectivity index (χ3n) is 3.50. The van der Waals surface area contributed by atoms with Crippen LogP contribution in [0, 0.1) is 0 Å². The number of carbonyl (C=O) groups excluding carboxylic acids is 3. The minimum absolute atomic E-state index is 0. The number of nitrogens with zero attached hydrogens (tertiary/aromatic N) is 1. The Balaban J connectivity index is 0. The van der Waals surface area contributed by atoms with Crippen molar-refractivity contribution in [2.24, 2.45) is 5.73 Å². The number of piperidine rings is 1. The van der Waals surface area contributed by atoms with Crippen LogP contribution in [0.5, 0.6) is 0 Å². The summed E-state index contributed by atoms with van der Waals surface area (Å²) in [6, 6.07) is -0.692. The Morgan fingerprint density at radius 1 is 1.17 bits per heavy atom. The van der Waals surface area contributed by atoms with Crippen molar-refractivity contribution in [1.29, 1.82) is 0 Å². The van der Waals surface area contributed by atoms with E-state index in [2.05, 4.69) is 5.32 Å². The molecule has 0 aromatic heterocycles. The Kier molecular flexibility index (Phi) is 14.1. The molecule has 0 aromatic carbocycles. The molecule has 0 aromatic rings. The molecule has 1 atom stereocenters. The molecule has 1 fully saturated rings. The van der Waals surface area contributed by atoms with Gasteiger partial charge in [-0.3, -0.25) is 19.7 Å². The first-order valence-electron chi connectivity index (χ1n) is 7.50. The Labute approximate surface area is 149 Å². The lowest BCUT2D eigenvalue weighted by Gasteiger charge is -2.27. The van der Waals surface area contributed by atoms with Crippen LogP contribution in [0.1, 0.15) is 39.0 Å². The van der Waals surface area contributed by atoms with Crippen molar-refractivity contribution >= 4 is 42.6 Å². The highest BCUT2D eigenvalue weighted by Crippen LogP contribution is 2.11. The quantitative estimate of drug-likeness (QED) is 0.609. The van der Waals surface area contributed by atoms with Gasteiger partial charge in [0.15, 0.2) is 0 Å². The summed E-state index contributed by atoms with van der Waals surface area (Å²) < 4.78 is 4.76. The molecule has 1 heterocycles. The molecule has 1 rings (SSSR count). The average molecular weight is 372 g/mol. The molecule has 1 aliphatic heterocycles. The van der Waals surface area contributed by atoms with Crippen molar-refractivity contribution in [2.45, 2.75) is 45.1 Å². The number of halogens is 2. The number of hydrogen-bond donors (Lipinski definition) is 2. The van der Waals surface area contributed by atoms with Gasteiger partial charge in [0.25, 0.3) is 0 Å². The third-order valence-corrected chi connectivity index (χ3v) is 3.50. The molecule has 1 saturated heterocycles. The Hall–Kier alpha value is -1.05. The minimum atomic E-state index is -0.692. The van der Waals surface area contributed by atoms with E-state index in [-0.39, 0.29) is 50.3 Å². The maximum Gasteiger partial charge on any atom is 0.319 e. The minimum Gasteiger partial charge on any atom is -0.465 e. The van der Waals surface area contributed by atoms with E-state index in [1.54, 1.807) is 6.92 Å². The molecule has 0 aliphatic carbocycles. The van der Waals surface area contributed by atoms with Crippen molar-refractivity contribution < 1.29 is 19.1 Å². The summed E-state index contributed by atoms with van der Waals surface area (Å²) in [5.41, 5.74) is 5.28. The predicted octanol–water partition coefficient (Wildman–Crippen LogP) is 0.629. The van der Waals surface area contributed by atoms with E-state index in [1.165, 1.54) is 0 Å². The second kappa shape index (κ2) is 13.4. The summed E-state index contributed by atoms with van der Waals surface area (Å²) >= 11 is 0. The lowest BCUT2D eigenvalue weighted by Crippen LogP contribution is -2.45. The average Bonchev–Trinajstić information content (AvgIpc) is 2.47. The summed E-state index contributed by atoms with van der Waals surface area (Å²) in [5, 5.41) is 2.74. The number of likely N-dealkylation sites (tertiary alicyclic amines) is 1. The highest BCUT2D eigenvalue weighted by atomic mass is 35.5. The normalized spacial score (nSPS) is 14.9. The van der Waals surface area contributed by atoms with E-state index in [1.807, 2.05) is 4.90 Å². The zero-order valence-electron chi connectivity index (χ0n) is 13.4. The van der Waals surface area contributed by atoms with Crippen LogP contribution < -0.4 is 11.1 Å². The number of nitrogens with one attached hydrogen (secondary N) is 1. The first-order valence-corrected chi connectivity index (χ1v) is 7.50. The van der Waals surface area contributed by atoms with Gasteiger partial charge in [-0.05, 0) is 32.6 Å². The fourth-order valence-corrected chi connectivity index (χ4v) is 2.33. The fraction of sp³-hybridized carbons (Fsp3) is 0.786. The predicted molar refractivity (Wildman–Crippen MR) is 91.8 cm³/mol. The van der Waals surface area contributed by atoms with E-state index in [9.17, 15) is 14.4 Å². The van der Waals surface area contributed by atoms with E-state index in [0.717, 1.165) is 32.4 Å². The van der Waals surface area contributed by atoms with E-state index in [4.69, 9.17) is 10.5 Å². The van der Waals surface area contributed by atoms with Gasteiger partial charge in [0.2, 0.25) is 11.8 Å². The van der Waals surface area contributed by atoms with Crippen molar-refractivity contribution in [3.63, 3.8) is 0 Å². The molecule has 0 unspecified atom stereocenters. The van der Waals surface area contributed by atoms with Crippen molar-refractivity contribution in [2.75, 3.05) is 26.2 Å². The number of nitrogens with two attached hydrogens (primary N) is 1. The van der Waals surface area contributed by atoms with Crippen molar-refractivity contribution in [1.82, 2.24) is 10.2 Å². The van der Waals surface area contributed by atoms with Crippen molar-refractivity contribution in [3.8, 4) is 0 Å². The SMILES string of the molecule is CCOC(=O)CN[C@@H](CCC(=O)N1CCCCC1)C(N)=O.Cl.Cl. The van der Waals surface area contributed by atoms with Crippen LogP contribution >= 0.6 is 24.8 Å². The van der Waals surface area contributed by atoms with Crippen LogP contribution in [0.3, 0.4) is 0 Å². The van der Waals surface area contributed by atoms with Crippen LogP contribution in [0.15, 0.2) is 0 Å². The van der Waals surface area contributed by atoms with E-state index >= 15 is 0 Å². The van der Waals surface area contributed by atoms with Crippen molar-refractivity contribution in [3.05, 3.63) is 0 Å². The molecular formula is C14H27Cl2N3O4. The lowest BCUT2D eigenvalue weighted by atomic mass is 10.1. The van der Waals surface area contributed by atoms with Crippen LogP contribution in [-0.4, -0.2) is 55.0 Å². The fourth-order valence-electron chi connectivity index (χ4n) is 2.33. The molecule has 0 bridgehead atoms. The van der Waals surface area contributed by atoms with Crippen LogP contribution in [0.4, 0.5) is 0 Å². The maximum atomic E-state index is 12.0. The molecule has 0 radical (unpaired) electrons. The van der Waals surface area contributed by atoms with Crippen LogP contribution in [0.2, 0.25) is 0 Å². The van der Waals surface area contributed by atoms with E-state index in [0.29, 0.717) is 6.42 Å². The van der Waals surface area contributed by atoms with Gasteiger partial charge in [-0.1, -0.05) is 0 Å². The first-order chi connectivity index (χ1) is 10.0. The number of ether oxygens (including phenoxy) is 1. The highest BCUT2D eigenvalue weighted by Gasteiger charge is 2.21. The third kappa shape index (κ3) is 9.63. The molecule has 9 heteroatoms. The molecule has 23 heavy (non-hydrogen) atoms. The number of esters is 1. The van der Waals surface area contributed by atoms with Gasteiger partial charge >= 0.3 is 5.97 Å². The highest BCUT2D eigenvalue weighted by molar-refractivity contribution is 5.85. The van der Waals surface area contributed by atoms with Gasteiger partial charge in [0, 0.05) is 19.5 Å². The second-order valence-electron chi connectivity index (χ2n) is 5.12. The largest absolute Gasteiger partial charge is 0.465 e. The number of hydrogen-bond acceptors (Lipinski definition) is 5. The molecule has 1 aliphatic rings. The summed E-state index contributed by atoms with van der Waals surface area (Å²) in [6.45, 7) is 3.49. The molecule has 2 amide bonds. The molecule has 0 spiro atoms. The van der Waals surface area contributed by atoms with Crippen LogP contribution in [-0.2, 0) is 19.1 Å². The number of amides is 2. The molecule has 0 saturated carbocycles. The first kappa shape index (κ1) is 24.2. The smallest absolute Gasteiger partial charge is 0.319 e. The van der Waals surface area contributed by atoms with Gasteiger partial charge in [0.1, 0.15) is 0 Å². The van der Waals surface area contributed by atoms with Gasteiger partial charge in [-0.25, -0.2) is 0 Å². The zero-order chi connectivity index (χ0) is 15.7. The van der Waals surface area contributed by atoms with Gasteiger partial charge in [0.05, 0.1) is 19.2 Å². The standard InChI is InChI=1S/C14H25N3O4.2ClH/c1-2-21-13(19)10-16-11(14(15)20)6-7-12(18)17-8-4-3-5-9-17;;/h11,16H,2-10H2,1H3,(H2,15,20);2*1H/t11-;;/m0../s1. The number of primary amides is 1. The van der Waals surface area contributed by atoms with E-state index < -0.39 is 17.9 Å². The molecular weight excluding hydrogens is 345 g/mol. The zero-order valence-corrected chi connectivity index (χ0v) is 15.0. The summed E-state index contributed by atoms with van der Waals surface area (Å²) in [6.07, 6.45) is 3.78. The number of carbonyl (C=O) groups is 3.